The first-order valence-electron chi connectivity index (χ1n) is 5.58. The molecule has 1 aromatic heterocycles. The van der Waals surface area contributed by atoms with Gasteiger partial charge < -0.3 is 5.73 Å². The summed E-state index contributed by atoms with van der Waals surface area (Å²) in [6, 6.07) is 6.83. The van der Waals surface area contributed by atoms with Crippen molar-refractivity contribution in [3.8, 4) is 11.3 Å². The Morgan fingerprint density at radius 1 is 1.29 bits per heavy atom. The summed E-state index contributed by atoms with van der Waals surface area (Å²) in [7, 11) is 1.78. The molecule has 1 heterocycles. The molecular formula is C13H16FN3. The molecule has 0 aliphatic heterocycles. The number of nitrogen functional groups attached to an aromatic ring is 1. The van der Waals surface area contributed by atoms with Crippen LogP contribution in [0.25, 0.3) is 11.3 Å². The average molecular weight is 233 g/mol. The first-order chi connectivity index (χ1) is 7.99. The van der Waals surface area contributed by atoms with Crippen LogP contribution in [0.1, 0.15) is 25.3 Å². The van der Waals surface area contributed by atoms with Gasteiger partial charge in [0.2, 0.25) is 0 Å². The van der Waals surface area contributed by atoms with Gasteiger partial charge in [-0.1, -0.05) is 13.8 Å². The van der Waals surface area contributed by atoms with Crippen LogP contribution in [0.15, 0.2) is 24.3 Å². The number of rotatable bonds is 2. The molecule has 0 spiro atoms. The summed E-state index contributed by atoms with van der Waals surface area (Å²) in [4.78, 5) is 0. The van der Waals surface area contributed by atoms with Crippen molar-refractivity contribution in [2.45, 2.75) is 19.8 Å². The normalized spacial score (nSPS) is 11.1. The number of aromatic nitrogens is 2. The third-order valence-electron chi connectivity index (χ3n) is 2.83. The minimum atomic E-state index is -0.173. The van der Waals surface area contributed by atoms with Crippen molar-refractivity contribution in [3.63, 3.8) is 0 Å². The summed E-state index contributed by atoms with van der Waals surface area (Å²) in [5.41, 5.74) is 8.09. The van der Waals surface area contributed by atoms with Crippen molar-refractivity contribution >= 4 is 5.82 Å². The van der Waals surface area contributed by atoms with Gasteiger partial charge in [0.25, 0.3) is 0 Å². The number of anilines is 1. The molecule has 0 saturated carbocycles. The molecule has 2 rings (SSSR count). The molecule has 0 aliphatic rings. The Morgan fingerprint density at radius 3 is 2.53 bits per heavy atom. The second-order valence-electron chi connectivity index (χ2n) is 4.47. The molecule has 2 aromatic rings. The predicted octanol–water partition coefficient (Wildman–Crippen LogP) is 2.93. The van der Waals surface area contributed by atoms with Crippen molar-refractivity contribution in [2.75, 3.05) is 5.73 Å². The summed E-state index contributed by atoms with van der Waals surface area (Å²) < 4.78 is 15.2. The molecule has 1 aromatic carbocycles. The maximum atomic E-state index is 13.6. The van der Waals surface area contributed by atoms with Gasteiger partial charge in [-0.25, -0.2) is 4.39 Å². The Labute approximate surface area is 100 Å². The SMILES string of the molecule is CC(C)c1cc(-c2cc(N)n(C)n2)ccc1F. The lowest BCUT2D eigenvalue weighted by Crippen LogP contribution is -1.97. The van der Waals surface area contributed by atoms with Gasteiger partial charge in [-0.2, -0.15) is 5.10 Å². The fraction of sp³-hybridized carbons (Fsp3) is 0.308. The van der Waals surface area contributed by atoms with E-state index in [1.165, 1.54) is 6.07 Å². The maximum Gasteiger partial charge on any atom is 0.126 e. The van der Waals surface area contributed by atoms with Crippen LogP contribution in [0.5, 0.6) is 0 Å². The Morgan fingerprint density at radius 2 is 2.00 bits per heavy atom. The van der Waals surface area contributed by atoms with Crippen LogP contribution in [0, 0.1) is 5.82 Å². The lowest BCUT2D eigenvalue weighted by molar-refractivity contribution is 0.598. The van der Waals surface area contributed by atoms with E-state index >= 15 is 0 Å². The quantitative estimate of drug-likeness (QED) is 0.866. The molecular weight excluding hydrogens is 217 g/mol. The predicted molar refractivity (Wildman–Crippen MR) is 67.1 cm³/mol. The summed E-state index contributed by atoms with van der Waals surface area (Å²) in [5, 5.41) is 4.28. The van der Waals surface area contributed by atoms with E-state index in [0.29, 0.717) is 11.4 Å². The van der Waals surface area contributed by atoms with Crippen LogP contribution in [0.4, 0.5) is 10.2 Å². The second kappa shape index (κ2) is 4.20. The number of aryl methyl sites for hydroxylation is 1. The van der Waals surface area contributed by atoms with Crippen molar-refractivity contribution in [2.24, 2.45) is 7.05 Å². The number of hydrogen-bond donors (Lipinski definition) is 1. The molecule has 0 atom stereocenters. The lowest BCUT2D eigenvalue weighted by Gasteiger charge is -2.08. The van der Waals surface area contributed by atoms with Crippen LogP contribution in [-0.4, -0.2) is 9.78 Å². The van der Waals surface area contributed by atoms with Crippen LogP contribution in [0.2, 0.25) is 0 Å². The molecule has 0 fully saturated rings. The molecule has 0 saturated heterocycles. The van der Waals surface area contributed by atoms with E-state index in [4.69, 9.17) is 5.73 Å². The van der Waals surface area contributed by atoms with Gasteiger partial charge in [0.1, 0.15) is 11.6 Å². The fourth-order valence-corrected chi connectivity index (χ4v) is 1.77. The third-order valence-corrected chi connectivity index (χ3v) is 2.83. The number of halogens is 1. The molecule has 2 N–H and O–H groups in total. The van der Waals surface area contributed by atoms with Gasteiger partial charge >= 0.3 is 0 Å². The standard InChI is InChI=1S/C13H16FN3/c1-8(2)10-6-9(4-5-11(10)14)12-7-13(15)17(3)16-12/h4-8H,15H2,1-3H3. The minimum absolute atomic E-state index is 0.149. The molecule has 17 heavy (non-hydrogen) atoms. The van der Waals surface area contributed by atoms with Crippen LogP contribution in [-0.2, 0) is 7.05 Å². The number of nitrogens with zero attached hydrogens (tertiary/aromatic N) is 2. The highest BCUT2D eigenvalue weighted by Gasteiger charge is 2.10. The molecule has 0 amide bonds. The number of hydrogen-bond acceptors (Lipinski definition) is 2. The smallest absolute Gasteiger partial charge is 0.126 e. The maximum absolute atomic E-state index is 13.6. The first-order valence-corrected chi connectivity index (χ1v) is 5.58. The lowest BCUT2D eigenvalue weighted by atomic mass is 9.99. The number of nitrogens with two attached hydrogens (primary N) is 1. The van der Waals surface area contributed by atoms with Crippen molar-refractivity contribution < 1.29 is 4.39 Å². The van der Waals surface area contributed by atoms with Gasteiger partial charge in [0.05, 0.1) is 5.69 Å². The zero-order valence-electron chi connectivity index (χ0n) is 10.2. The van der Waals surface area contributed by atoms with E-state index in [1.807, 2.05) is 19.9 Å². The third kappa shape index (κ3) is 2.16. The molecule has 3 nitrogen and oxygen atoms in total. The average Bonchev–Trinajstić information content (AvgIpc) is 2.59. The van der Waals surface area contributed by atoms with E-state index in [1.54, 1.807) is 23.9 Å². The zero-order valence-corrected chi connectivity index (χ0v) is 10.2. The topological polar surface area (TPSA) is 43.8 Å². The first kappa shape index (κ1) is 11.6. The van der Waals surface area contributed by atoms with Gasteiger partial charge in [-0.15, -0.1) is 0 Å². The van der Waals surface area contributed by atoms with Crippen molar-refractivity contribution in [3.05, 3.63) is 35.6 Å². The molecule has 0 unspecified atom stereocenters. The van der Waals surface area contributed by atoms with Gasteiger partial charge in [0.15, 0.2) is 0 Å². The fourth-order valence-electron chi connectivity index (χ4n) is 1.77. The van der Waals surface area contributed by atoms with E-state index in [-0.39, 0.29) is 11.7 Å². The van der Waals surface area contributed by atoms with E-state index in [9.17, 15) is 4.39 Å². The molecule has 4 heteroatoms. The number of benzene rings is 1. The van der Waals surface area contributed by atoms with Crippen LogP contribution in [0.3, 0.4) is 0 Å². The summed E-state index contributed by atoms with van der Waals surface area (Å²) in [6.45, 7) is 3.93. The largest absolute Gasteiger partial charge is 0.384 e. The van der Waals surface area contributed by atoms with Crippen molar-refractivity contribution in [1.29, 1.82) is 0 Å². The van der Waals surface area contributed by atoms with Crippen LogP contribution >= 0.6 is 0 Å². The molecule has 0 aliphatic carbocycles. The summed E-state index contributed by atoms with van der Waals surface area (Å²) >= 11 is 0. The van der Waals surface area contributed by atoms with E-state index < -0.39 is 0 Å². The Kier molecular flexibility index (Phi) is 2.88. The minimum Gasteiger partial charge on any atom is -0.384 e. The second-order valence-corrected chi connectivity index (χ2v) is 4.47. The molecule has 0 bridgehead atoms. The highest BCUT2D eigenvalue weighted by molar-refractivity contribution is 5.63. The highest BCUT2D eigenvalue weighted by atomic mass is 19.1. The summed E-state index contributed by atoms with van der Waals surface area (Å²) in [6.07, 6.45) is 0. The van der Waals surface area contributed by atoms with E-state index in [0.717, 1.165) is 11.3 Å². The van der Waals surface area contributed by atoms with Gasteiger partial charge in [-0.3, -0.25) is 4.68 Å². The Bertz CT molecular complexity index is 524. The molecule has 0 radical (unpaired) electrons. The van der Waals surface area contributed by atoms with Crippen molar-refractivity contribution in [1.82, 2.24) is 9.78 Å². The van der Waals surface area contributed by atoms with Crippen LogP contribution < -0.4 is 5.73 Å². The highest BCUT2D eigenvalue weighted by Crippen LogP contribution is 2.26. The monoisotopic (exact) mass is 233 g/mol. The molecule has 90 valence electrons. The summed E-state index contributed by atoms with van der Waals surface area (Å²) in [5.74, 6) is 0.569. The van der Waals surface area contributed by atoms with Gasteiger partial charge in [-0.05, 0) is 29.7 Å². The van der Waals surface area contributed by atoms with E-state index in [2.05, 4.69) is 5.10 Å². The Hall–Kier alpha value is -1.84. The van der Waals surface area contributed by atoms with Gasteiger partial charge in [0, 0.05) is 18.7 Å². The zero-order chi connectivity index (χ0) is 12.6. The Balaban J connectivity index is 2.49.